The molecule has 0 aliphatic carbocycles. The molecular weight excluding hydrogens is 250 g/mol. The van der Waals surface area contributed by atoms with Crippen LogP contribution in [0.2, 0.25) is 0 Å². The molecule has 1 rings (SSSR count). The van der Waals surface area contributed by atoms with E-state index in [2.05, 4.69) is 0 Å². The summed E-state index contributed by atoms with van der Waals surface area (Å²) in [6.07, 6.45) is 2.32. The predicted molar refractivity (Wildman–Crippen MR) is 73.2 cm³/mol. The van der Waals surface area contributed by atoms with Crippen LogP contribution in [0, 0.1) is 0 Å². The van der Waals surface area contributed by atoms with E-state index < -0.39 is 0 Å². The van der Waals surface area contributed by atoms with Crippen molar-refractivity contribution in [3.63, 3.8) is 0 Å². The van der Waals surface area contributed by atoms with Crippen LogP contribution in [0.3, 0.4) is 0 Å². The molecule has 0 amide bonds. The third kappa shape index (κ3) is 4.51. The van der Waals surface area contributed by atoms with Crippen molar-refractivity contribution in [1.29, 1.82) is 0 Å². The highest BCUT2D eigenvalue weighted by Crippen LogP contribution is 2.24. The SMILES string of the molecule is CCC(=CC(Cl)c1ccccc1)C(=O)ON(C)C. The van der Waals surface area contributed by atoms with Gasteiger partial charge in [0.2, 0.25) is 0 Å². The van der Waals surface area contributed by atoms with Crippen LogP contribution in [0.25, 0.3) is 0 Å². The number of hydroxylamine groups is 2. The second kappa shape index (κ2) is 7.19. The topological polar surface area (TPSA) is 29.5 Å². The Hall–Kier alpha value is -1.32. The molecule has 0 aromatic heterocycles. The molecule has 0 bridgehead atoms. The van der Waals surface area contributed by atoms with Crippen LogP contribution in [0.15, 0.2) is 42.0 Å². The van der Waals surface area contributed by atoms with Crippen molar-refractivity contribution in [2.24, 2.45) is 0 Å². The zero-order valence-electron chi connectivity index (χ0n) is 10.9. The van der Waals surface area contributed by atoms with E-state index in [9.17, 15) is 4.79 Å². The smallest absolute Gasteiger partial charge is 0.352 e. The summed E-state index contributed by atoms with van der Waals surface area (Å²) >= 11 is 6.26. The second-order valence-corrected chi connectivity index (χ2v) is 4.52. The van der Waals surface area contributed by atoms with Crippen LogP contribution in [0.1, 0.15) is 24.3 Å². The monoisotopic (exact) mass is 267 g/mol. The van der Waals surface area contributed by atoms with Crippen molar-refractivity contribution < 1.29 is 9.63 Å². The number of carbonyl (C=O) groups excluding carboxylic acids is 1. The van der Waals surface area contributed by atoms with Gasteiger partial charge in [-0.05, 0) is 12.0 Å². The van der Waals surface area contributed by atoms with E-state index in [1.165, 1.54) is 5.06 Å². The Bertz CT molecular complexity index is 415. The lowest BCUT2D eigenvalue weighted by Gasteiger charge is -2.12. The zero-order chi connectivity index (χ0) is 13.5. The van der Waals surface area contributed by atoms with Gasteiger partial charge in [0.05, 0.1) is 5.38 Å². The molecule has 3 nitrogen and oxygen atoms in total. The highest BCUT2D eigenvalue weighted by molar-refractivity contribution is 6.22. The molecule has 0 saturated heterocycles. The summed E-state index contributed by atoms with van der Waals surface area (Å²) < 4.78 is 0. The Labute approximate surface area is 113 Å². The van der Waals surface area contributed by atoms with Crippen molar-refractivity contribution in [2.45, 2.75) is 18.7 Å². The van der Waals surface area contributed by atoms with E-state index in [1.807, 2.05) is 37.3 Å². The Balaban J connectivity index is 2.81. The average Bonchev–Trinajstić information content (AvgIpc) is 2.35. The third-order valence-electron chi connectivity index (χ3n) is 2.37. The first-order chi connectivity index (χ1) is 8.54. The minimum atomic E-state index is -0.357. The van der Waals surface area contributed by atoms with E-state index in [4.69, 9.17) is 16.4 Å². The van der Waals surface area contributed by atoms with E-state index in [1.54, 1.807) is 20.2 Å². The van der Waals surface area contributed by atoms with Crippen LogP contribution in [-0.2, 0) is 9.63 Å². The fraction of sp³-hybridized carbons (Fsp3) is 0.357. The predicted octanol–water partition coefficient (Wildman–Crippen LogP) is 3.32. The molecule has 0 radical (unpaired) electrons. The molecule has 1 atom stereocenters. The number of carbonyl (C=O) groups is 1. The molecular formula is C14H18ClNO2. The van der Waals surface area contributed by atoms with Gasteiger partial charge < -0.3 is 4.84 Å². The lowest BCUT2D eigenvalue weighted by molar-refractivity contribution is -0.173. The summed E-state index contributed by atoms with van der Waals surface area (Å²) in [6.45, 7) is 1.90. The van der Waals surface area contributed by atoms with Gasteiger partial charge >= 0.3 is 5.97 Å². The molecule has 4 heteroatoms. The fourth-order valence-corrected chi connectivity index (χ4v) is 1.76. The molecule has 98 valence electrons. The lowest BCUT2D eigenvalue weighted by Crippen LogP contribution is -2.20. The van der Waals surface area contributed by atoms with Gasteiger partial charge in [0.25, 0.3) is 0 Å². The first kappa shape index (κ1) is 14.7. The molecule has 1 aromatic rings. The maximum Gasteiger partial charge on any atom is 0.352 e. The summed E-state index contributed by atoms with van der Waals surface area (Å²) in [7, 11) is 3.33. The number of halogens is 1. The summed E-state index contributed by atoms with van der Waals surface area (Å²) in [5.41, 5.74) is 1.54. The number of benzene rings is 1. The first-order valence-electron chi connectivity index (χ1n) is 5.84. The molecule has 1 aromatic carbocycles. The van der Waals surface area contributed by atoms with E-state index in [0.29, 0.717) is 12.0 Å². The Morgan fingerprint density at radius 2 is 2.00 bits per heavy atom. The highest BCUT2D eigenvalue weighted by Gasteiger charge is 2.13. The lowest BCUT2D eigenvalue weighted by atomic mass is 10.1. The molecule has 0 heterocycles. The number of allylic oxidation sites excluding steroid dienone is 1. The van der Waals surface area contributed by atoms with Gasteiger partial charge in [-0.3, -0.25) is 0 Å². The van der Waals surface area contributed by atoms with Gasteiger partial charge in [0.15, 0.2) is 0 Å². The number of rotatable bonds is 5. The number of alkyl halides is 1. The Morgan fingerprint density at radius 1 is 1.39 bits per heavy atom. The fourth-order valence-electron chi connectivity index (χ4n) is 1.46. The number of hydrogen-bond acceptors (Lipinski definition) is 3. The summed E-state index contributed by atoms with van der Waals surface area (Å²) in [5.74, 6) is -0.357. The van der Waals surface area contributed by atoms with Crippen molar-refractivity contribution >= 4 is 17.6 Å². The Kier molecular flexibility index (Phi) is 5.89. The maximum absolute atomic E-state index is 11.8. The normalized spacial score (nSPS) is 13.5. The van der Waals surface area contributed by atoms with Crippen LogP contribution in [0.5, 0.6) is 0 Å². The van der Waals surface area contributed by atoms with Crippen LogP contribution >= 0.6 is 11.6 Å². The Morgan fingerprint density at radius 3 is 2.50 bits per heavy atom. The number of hydrogen-bond donors (Lipinski definition) is 0. The van der Waals surface area contributed by atoms with Gasteiger partial charge in [-0.15, -0.1) is 16.7 Å². The van der Waals surface area contributed by atoms with Gasteiger partial charge in [-0.25, -0.2) is 4.79 Å². The highest BCUT2D eigenvalue weighted by atomic mass is 35.5. The minimum Gasteiger partial charge on any atom is -0.365 e. The molecule has 0 saturated carbocycles. The standard InChI is InChI=1S/C14H18ClNO2/c1-4-11(14(17)18-16(2)3)10-13(15)12-8-6-5-7-9-12/h5-10,13H,4H2,1-3H3. The molecule has 0 fully saturated rings. The van der Waals surface area contributed by atoms with E-state index >= 15 is 0 Å². The van der Waals surface area contributed by atoms with Gasteiger partial charge in [0.1, 0.15) is 0 Å². The molecule has 0 N–H and O–H groups in total. The zero-order valence-corrected chi connectivity index (χ0v) is 11.6. The minimum absolute atomic E-state index is 0.323. The molecule has 0 aliphatic heterocycles. The summed E-state index contributed by atoms with van der Waals surface area (Å²) in [6, 6.07) is 9.62. The number of nitrogens with zero attached hydrogens (tertiary/aromatic N) is 1. The second-order valence-electron chi connectivity index (χ2n) is 4.05. The van der Waals surface area contributed by atoms with Crippen LogP contribution in [-0.4, -0.2) is 25.1 Å². The molecule has 18 heavy (non-hydrogen) atoms. The maximum atomic E-state index is 11.8. The average molecular weight is 268 g/mol. The van der Waals surface area contributed by atoms with E-state index in [-0.39, 0.29) is 11.3 Å². The molecule has 0 spiro atoms. The van der Waals surface area contributed by atoms with Crippen molar-refractivity contribution in [2.75, 3.05) is 14.1 Å². The summed E-state index contributed by atoms with van der Waals surface area (Å²) in [4.78, 5) is 16.8. The third-order valence-corrected chi connectivity index (χ3v) is 2.75. The first-order valence-corrected chi connectivity index (χ1v) is 6.27. The van der Waals surface area contributed by atoms with Gasteiger partial charge in [-0.2, -0.15) is 0 Å². The molecule has 0 aliphatic rings. The van der Waals surface area contributed by atoms with Crippen LogP contribution < -0.4 is 0 Å². The summed E-state index contributed by atoms with van der Waals surface area (Å²) in [5, 5.41) is 1.05. The van der Waals surface area contributed by atoms with Gasteiger partial charge in [0, 0.05) is 19.7 Å². The largest absolute Gasteiger partial charge is 0.365 e. The van der Waals surface area contributed by atoms with Gasteiger partial charge in [-0.1, -0.05) is 43.3 Å². The van der Waals surface area contributed by atoms with Crippen molar-refractivity contribution in [3.8, 4) is 0 Å². The van der Waals surface area contributed by atoms with Crippen molar-refractivity contribution in [3.05, 3.63) is 47.5 Å². The van der Waals surface area contributed by atoms with Crippen molar-refractivity contribution in [1.82, 2.24) is 5.06 Å². The quantitative estimate of drug-likeness (QED) is 0.466. The molecule has 1 unspecified atom stereocenters. The van der Waals surface area contributed by atoms with E-state index in [0.717, 1.165) is 5.56 Å². The van der Waals surface area contributed by atoms with Crippen LogP contribution in [0.4, 0.5) is 0 Å².